The maximum Gasteiger partial charge on any atom is 0.151 e. The fraction of sp³-hybridized carbons (Fsp3) is 0.167. The molecule has 1 aromatic carbocycles. The van der Waals surface area contributed by atoms with Crippen molar-refractivity contribution < 1.29 is 0 Å². The number of hydrogen-bond donors (Lipinski definition) is 2. The highest BCUT2D eigenvalue weighted by atomic mass is 79.9. The molecular weight excluding hydrogens is 280 g/mol. The third-order valence-electron chi connectivity index (χ3n) is 2.34. The first-order chi connectivity index (χ1) is 8.19. The van der Waals surface area contributed by atoms with E-state index in [-0.39, 0.29) is 0 Å². The fourth-order valence-corrected chi connectivity index (χ4v) is 1.93. The molecule has 0 radical (unpaired) electrons. The Morgan fingerprint density at radius 3 is 2.65 bits per heavy atom. The van der Waals surface area contributed by atoms with Crippen LogP contribution in [0, 0.1) is 6.92 Å². The molecule has 1 heterocycles. The van der Waals surface area contributed by atoms with Crippen molar-refractivity contribution in [2.24, 2.45) is 0 Å². The van der Waals surface area contributed by atoms with Gasteiger partial charge in [0.25, 0.3) is 0 Å². The van der Waals surface area contributed by atoms with E-state index >= 15 is 0 Å². The number of nitrogens with zero attached hydrogens (tertiary/aromatic N) is 2. The lowest BCUT2D eigenvalue weighted by Gasteiger charge is -2.09. The van der Waals surface area contributed by atoms with Gasteiger partial charge in [-0.1, -0.05) is 15.9 Å². The van der Waals surface area contributed by atoms with Gasteiger partial charge in [0.15, 0.2) is 5.82 Å². The topological polar surface area (TPSA) is 49.8 Å². The van der Waals surface area contributed by atoms with Crippen molar-refractivity contribution in [3.63, 3.8) is 0 Å². The summed E-state index contributed by atoms with van der Waals surface area (Å²) in [5.41, 5.74) is 2.17. The van der Waals surface area contributed by atoms with Gasteiger partial charge in [0.05, 0.1) is 12.4 Å². The molecule has 2 N–H and O–H groups in total. The first-order valence-electron chi connectivity index (χ1n) is 5.22. The number of benzene rings is 1. The van der Waals surface area contributed by atoms with Gasteiger partial charge in [-0.25, -0.2) is 4.98 Å². The van der Waals surface area contributed by atoms with E-state index in [1.165, 1.54) is 0 Å². The summed E-state index contributed by atoms with van der Waals surface area (Å²) in [7, 11) is 1.82. The predicted molar refractivity (Wildman–Crippen MR) is 73.7 cm³/mol. The van der Waals surface area contributed by atoms with E-state index in [1.807, 2.05) is 26.1 Å². The van der Waals surface area contributed by atoms with Crippen LogP contribution in [0.15, 0.2) is 35.1 Å². The van der Waals surface area contributed by atoms with Gasteiger partial charge in [-0.2, -0.15) is 0 Å². The molecule has 0 spiro atoms. The summed E-state index contributed by atoms with van der Waals surface area (Å²) in [6.07, 6.45) is 3.38. The Bertz CT molecular complexity index is 528. The van der Waals surface area contributed by atoms with Crippen LogP contribution < -0.4 is 10.6 Å². The van der Waals surface area contributed by atoms with E-state index in [9.17, 15) is 0 Å². The summed E-state index contributed by atoms with van der Waals surface area (Å²) in [6, 6.07) is 6.05. The molecule has 0 atom stereocenters. The van der Waals surface area contributed by atoms with Gasteiger partial charge in [0, 0.05) is 17.2 Å². The van der Waals surface area contributed by atoms with Gasteiger partial charge < -0.3 is 10.6 Å². The van der Waals surface area contributed by atoms with Crippen molar-refractivity contribution in [3.05, 3.63) is 40.6 Å². The zero-order valence-corrected chi connectivity index (χ0v) is 11.2. The van der Waals surface area contributed by atoms with Crippen LogP contribution in [-0.4, -0.2) is 17.0 Å². The average Bonchev–Trinajstić information content (AvgIpc) is 2.33. The summed E-state index contributed by atoms with van der Waals surface area (Å²) in [5.74, 6) is 1.46. The first-order valence-corrected chi connectivity index (χ1v) is 6.01. The van der Waals surface area contributed by atoms with Crippen LogP contribution in [0.5, 0.6) is 0 Å². The zero-order chi connectivity index (χ0) is 12.3. The highest BCUT2D eigenvalue weighted by Gasteiger charge is 2.01. The molecule has 0 saturated carbocycles. The molecule has 0 aliphatic rings. The number of nitrogens with one attached hydrogen (secondary N) is 2. The van der Waals surface area contributed by atoms with Crippen molar-refractivity contribution in [2.75, 3.05) is 17.7 Å². The van der Waals surface area contributed by atoms with Crippen LogP contribution >= 0.6 is 15.9 Å². The fourth-order valence-electron chi connectivity index (χ4n) is 1.45. The monoisotopic (exact) mass is 292 g/mol. The number of rotatable bonds is 3. The minimum Gasteiger partial charge on any atom is -0.372 e. The van der Waals surface area contributed by atoms with Crippen molar-refractivity contribution in [3.8, 4) is 0 Å². The van der Waals surface area contributed by atoms with Crippen molar-refractivity contribution >= 4 is 33.3 Å². The van der Waals surface area contributed by atoms with Gasteiger partial charge in [-0.15, -0.1) is 0 Å². The van der Waals surface area contributed by atoms with Crippen molar-refractivity contribution in [2.45, 2.75) is 6.92 Å². The first kappa shape index (κ1) is 11.9. The number of anilines is 3. The Labute approximate surface area is 109 Å². The molecule has 0 bridgehead atoms. The van der Waals surface area contributed by atoms with Crippen LogP contribution in [0.25, 0.3) is 0 Å². The molecule has 5 heteroatoms. The van der Waals surface area contributed by atoms with E-state index in [4.69, 9.17) is 0 Å². The molecule has 17 heavy (non-hydrogen) atoms. The van der Waals surface area contributed by atoms with Crippen LogP contribution in [0.2, 0.25) is 0 Å². The van der Waals surface area contributed by atoms with E-state index < -0.39 is 0 Å². The van der Waals surface area contributed by atoms with Crippen LogP contribution in [-0.2, 0) is 0 Å². The summed E-state index contributed by atoms with van der Waals surface area (Å²) in [5, 5.41) is 6.20. The number of aryl methyl sites for hydroxylation is 1. The summed E-state index contributed by atoms with van der Waals surface area (Å²) >= 11 is 3.44. The smallest absolute Gasteiger partial charge is 0.151 e. The molecule has 2 rings (SSSR count). The Kier molecular flexibility index (Phi) is 3.58. The third-order valence-corrected chi connectivity index (χ3v) is 2.84. The molecule has 2 aromatic rings. The lowest BCUT2D eigenvalue weighted by Crippen LogP contribution is -1.99. The minimum absolute atomic E-state index is 0.724. The van der Waals surface area contributed by atoms with Gasteiger partial charge in [-0.3, -0.25) is 4.98 Å². The van der Waals surface area contributed by atoms with E-state index in [0.29, 0.717) is 0 Å². The molecule has 0 fully saturated rings. The SMILES string of the molecule is CNc1cncc(Nc2ccc(Br)cc2C)n1. The maximum atomic E-state index is 4.35. The van der Waals surface area contributed by atoms with Gasteiger partial charge in [-0.05, 0) is 30.7 Å². The average molecular weight is 293 g/mol. The predicted octanol–water partition coefficient (Wildman–Crippen LogP) is 3.33. The lowest BCUT2D eigenvalue weighted by atomic mass is 10.2. The van der Waals surface area contributed by atoms with Gasteiger partial charge in [0.2, 0.25) is 0 Å². The lowest BCUT2D eigenvalue weighted by molar-refractivity contribution is 1.18. The van der Waals surface area contributed by atoms with Gasteiger partial charge in [0.1, 0.15) is 5.82 Å². The Morgan fingerprint density at radius 1 is 1.18 bits per heavy atom. The second-order valence-corrected chi connectivity index (χ2v) is 4.54. The molecule has 1 aromatic heterocycles. The molecule has 0 saturated heterocycles. The molecule has 0 unspecified atom stereocenters. The van der Waals surface area contributed by atoms with E-state index in [2.05, 4.69) is 42.6 Å². The van der Waals surface area contributed by atoms with Crippen LogP contribution in [0.3, 0.4) is 0 Å². The maximum absolute atomic E-state index is 4.35. The summed E-state index contributed by atoms with van der Waals surface area (Å²) < 4.78 is 1.07. The largest absolute Gasteiger partial charge is 0.372 e. The van der Waals surface area contributed by atoms with E-state index in [1.54, 1.807) is 12.4 Å². The highest BCUT2D eigenvalue weighted by Crippen LogP contribution is 2.22. The quantitative estimate of drug-likeness (QED) is 0.911. The Morgan fingerprint density at radius 2 is 1.94 bits per heavy atom. The zero-order valence-electron chi connectivity index (χ0n) is 9.66. The van der Waals surface area contributed by atoms with Crippen LogP contribution in [0.1, 0.15) is 5.56 Å². The molecule has 0 aliphatic heterocycles. The van der Waals surface area contributed by atoms with Crippen LogP contribution in [0.4, 0.5) is 17.3 Å². The second kappa shape index (κ2) is 5.14. The van der Waals surface area contributed by atoms with Gasteiger partial charge >= 0.3 is 0 Å². The second-order valence-electron chi connectivity index (χ2n) is 3.62. The van der Waals surface area contributed by atoms with Crippen molar-refractivity contribution in [1.29, 1.82) is 0 Å². The van der Waals surface area contributed by atoms with E-state index in [0.717, 1.165) is 27.4 Å². The molecule has 0 aliphatic carbocycles. The molecule has 0 amide bonds. The van der Waals surface area contributed by atoms with Crippen molar-refractivity contribution in [1.82, 2.24) is 9.97 Å². The molecular formula is C12H13BrN4. The summed E-state index contributed by atoms with van der Waals surface area (Å²) in [6.45, 7) is 2.04. The Hall–Kier alpha value is -1.62. The minimum atomic E-state index is 0.724. The third kappa shape index (κ3) is 2.94. The highest BCUT2D eigenvalue weighted by molar-refractivity contribution is 9.10. The number of halogens is 1. The number of aromatic nitrogens is 2. The number of hydrogen-bond acceptors (Lipinski definition) is 4. The Balaban J connectivity index is 2.25. The standard InChI is InChI=1S/C12H13BrN4/c1-8-5-9(13)3-4-10(8)16-12-7-15-6-11(14-2)17-12/h3-7H,1-2H3,(H2,14,16,17). The normalized spacial score (nSPS) is 10.1. The molecule has 4 nitrogen and oxygen atoms in total. The summed E-state index contributed by atoms with van der Waals surface area (Å²) in [4.78, 5) is 8.46. The molecule has 88 valence electrons.